The van der Waals surface area contributed by atoms with E-state index in [4.69, 9.17) is 17.3 Å². The predicted octanol–water partition coefficient (Wildman–Crippen LogP) is 0.466. The van der Waals surface area contributed by atoms with Crippen LogP contribution in [0.2, 0.25) is 5.02 Å². The van der Waals surface area contributed by atoms with E-state index in [2.05, 4.69) is 4.98 Å². The number of aromatic nitrogens is 2. The Hall–Kier alpha value is -1.33. The van der Waals surface area contributed by atoms with E-state index in [0.29, 0.717) is 21.7 Å². The van der Waals surface area contributed by atoms with Crippen LogP contribution in [0.25, 0.3) is 10.9 Å². The van der Waals surface area contributed by atoms with Gasteiger partial charge in [0.05, 0.1) is 22.0 Å². The topological polar surface area (TPSA) is 60.9 Å². The number of benzene rings is 1. The van der Waals surface area contributed by atoms with Gasteiger partial charge in [-0.15, -0.1) is 0 Å². The van der Waals surface area contributed by atoms with Crippen molar-refractivity contribution in [3.8, 4) is 0 Å². The minimum Gasteiger partial charge on any atom is -0.348 e. The molecule has 0 bridgehead atoms. The van der Waals surface area contributed by atoms with Crippen LogP contribution in [0.4, 0.5) is 0 Å². The van der Waals surface area contributed by atoms with Crippen LogP contribution in [0.1, 0.15) is 18.8 Å². The third-order valence-electron chi connectivity index (χ3n) is 2.50. The molecule has 0 spiro atoms. The smallest absolute Gasteiger partial charge is 0.250 e. The van der Waals surface area contributed by atoms with Crippen molar-refractivity contribution >= 4 is 30.5 Å². The summed E-state index contributed by atoms with van der Waals surface area (Å²) in [6.45, 7) is 1.79. The molecule has 0 unspecified atom stereocenters. The molecular formula is C10H11BClN3O. The molecule has 2 aromatic rings. The third-order valence-corrected chi connectivity index (χ3v) is 2.81. The fourth-order valence-electron chi connectivity index (χ4n) is 1.70. The van der Waals surface area contributed by atoms with Crippen molar-refractivity contribution in [3.05, 3.63) is 39.4 Å². The summed E-state index contributed by atoms with van der Waals surface area (Å²) >= 11 is 5.98. The zero-order valence-electron chi connectivity index (χ0n) is 9.07. The van der Waals surface area contributed by atoms with Gasteiger partial charge in [-0.2, -0.15) is 0 Å². The largest absolute Gasteiger partial charge is 0.348 e. The lowest BCUT2D eigenvalue weighted by Crippen LogP contribution is -2.27. The lowest BCUT2D eigenvalue weighted by atomic mass is 10.2. The van der Waals surface area contributed by atoms with E-state index in [1.807, 2.05) is 0 Å². The molecule has 0 aliphatic heterocycles. The number of fused-ring (bicyclic) bond motifs is 1. The van der Waals surface area contributed by atoms with Crippen LogP contribution >= 0.6 is 11.6 Å². The van der Waals surface area contributed by atoms with E-state index in [0.717, 1.165) is 0 Å². The molecule has 0 saturated carbocycles. The maximum Gasteiger partial charge on any atom is 0.250 e. The molecule has 1 aromatic heterocycles. The Morgan fingerprint density at radius 3 is 2.88 bits per heavy atom. The van der Waals surface area contributed by atoms with Crippen molar-refractivity contribution in [2.75, 3.05) is 0 Å². The predicted molar refractivity (Wildman–Crippen MR) is 67.6 cm³/mol. The Bertz CT molecular complexity index is 609. The molecule has 0 fully saturated rings. The normalized spacial score (nSPS) is 12.9. The van der Waals surface area contributed by atoms with Gasteiger partial charge in [-0.3, -0.25) is 4.79 Å². The number of halogens is 1. The van der Waals surface area contributed by atoms with Crippen molar-refractivity contribution in [2.24, 2.45) is 5.73 Å². The first-order valence-corrected chi connectivity index (χ1v) is 5.31. The molecule has 2 rings (SSSR count). The molecule has 6 heteroatoms. The number of hydrogen-bond acceptors (Lipinski definition) is 3. The molecule has 0 aliphatic carbocycles. The third kappa shape index (κ3) is 1.62. The van der Waals surface area contributed by atoms with E-state index in [1.54, 1.807) is 33.1 Å². The van der Waals surface area contributed by atoms with Crippen LogP contribution in [-0.2, 0) is 0 Å². The first-order valence-electron chi connectivity index (χ1n) is 4.93. The molecular weight excluding hydrogens is 224 g/mol. The summed E-state index contributed by atoms with van der Waals surface area (Å²) in [6.07, 6.45) is 0. The number of rotatable bonds is 1. The van der Waals surface area contributed by atoms with E-state index in [1.165, 1.54) is 4.48 Å². The Balaban J connectivity index is 2.95. The number of nitrogens with two attached hydrogens (primary N) is 1. The quantitative estimate of drug-likeness (QED) is 0.731. The van der Waals surface area contributed by atoms with Crippen LogP contribution in [0.3, 0.4) is 0 Å². The highest BCUT2D eigenvalue weighted by Gasteiger charge is 2.12. The zero-order valence-corrected chi connectivity index (χ0v) is 9.82. The van der Waals surface area contributed by atoms with Gasteiger partial charge in [0, 0.05) is 0 Å². The first kappa shape index (κ1) is 11.2. The molecule has 4 nitrogen and oxygen atoms in total. The van der Waals surface area contributed by atoms with Gasteiger partial charge < -0.3 is 10.2 Å². The molecule has 16 heavy (non-hydrogen) atoms. The van der Waals surface area contributed by atoms with Crippen LogP contribution in [-0.4, -0.2) is 17.4 Å². The first-order chi connectivity index (χ1) is 7.52. The van der Waals surface area contributed by atoms with E-state index < -0.39 is 0 Å². The van der Waals surface area contributed by atoms with Crippen LogP contribution in [0.15, 0.2) is 23.0 Å². The summed E-state index contributed by atoms with van der Waals surface area (Å²) in [7, 11) is 1.65. The maximum absolute atomic E-state index is 12.1. The van der Waals surface area contributed by atoms with Crippen molar-refractivity contribution in [1.29, 1.82) is 0 Å². The van der Waals surface area contributed by atoms with E-state index in [9.17, 15) is 4.79 Å². The Morgan fingerprint density at radius 2 is 2.25 bits per heavy atom. The molecule has 82 valence electrons. The van der Waals surface area contributed by atoms with Gasteiger partial charge in [0.15, 0.2) is 0 Å². The Labute approximate surface area is 98.5 Å². The molecule has 1 aromatic carbocycles. The highest BCUT2D eigenvalue weighted by molar-refractivity contribution is 6.35. The fraction of sp³-hybridized carbons (Fsp3) is 0.200. The average molecular weight is 235 g/mol. The molecule has 2 N–H and O–H groups in total. The molecule has 0 aliphatic rings. The van der Waals surface area contributed by atoms with Crippen molar-refractivity contribution in [3.63, 3.8) is 0 Å². The summed E-state index contributed by atoms with van der Waals surface area (Å²) < 4.78 is 1.44. The van der Waals surface area contributed by atoms with E-state index >= 15 is 0 Å². The number of nitrogens with zero attached hydrogens (tertiary/aromatic N) is 2. The monoisotopic (exact) mass is 235 g/mol. The van der Waals surface area contributed by atoms with Crippen molar-refractivity contribution in [2.45, 2.75) is 13.0 Å². The average Bonchev–Trinajstić information content (AvgIpc) is 2.22. The Morgan fingerprint density at radius 1 is 1.56 bits per heavy atom. The summed E-state index contributed by atoms with van der Waals surface area (Å²) in [5.74, 6) is 0.555. The van der Waals surface area contributed by atoms with Gasteiger partial charge in [-0.05, 0) is 19.1 Å². The zero-order chi connectivity index (χ0) is 11.9. The van der Waals surface area contributed by atoms with Gasteiger partial charge in [-0.25, -0.2) is 4.98 Å². The maximum atomic E-state index is 12.1. The van der Waals surface area contributed by atoms with Gasteiger partial charge >= 0.3 is 0 Å². The fourth-order valence-corrected chi connectivity index (χ4v) is 1.95. The lowest BCUT2D eigenvalue weighted by molar-refractivity contribution is 0.722. The molecule has 0 radical (unpaired) electrons. The summed E-state index contributed by atoms with van der Waals surface area (Å²) in [5.41, 5.74) is 6.18. The second-order valence-electron chi connectivity index (χ2n) is 3.76. The highest BCUT2D eigenvalue weighted by atomic mass is 35.5. The minimum atomic E-state index is -0.291. The van der Waals surface area contributed by atoms with Crippen LogP contribution < -0.4 is 11.3 Å². The minimum absolute atomic E-state index is 0.164. The van der Waals surface area contributed by atoms with Gasteiger partial charge in [0.2, 0.25) is 13.5 Å². The summed E-state index contributed by atoms with van der Waals surface area (Å²) in [6, 6.07) is 4.91. The SMILES string of the molecule is Bn1c([C@H](C)N)nc2cccc(Cl)c2c1=O. The van der Waals surface area contributed by atoms with Crippen LogP contribution in [0.5, 0.6) is 0 Å². The van der Waals surface area contributed by atoms with Gasteiger partial charge in [0.25, 0.3) is 0 Å². The molecule has 1 heterocycles. The lowest BCUT2D eigenvalue weighted by Gasteiger charge is -2.12. The summed E-state index contributed by atoms with van der Waals surface area (Å²) in [5, 5.41) is 0.859. The highest BCUT2D eigenvalue weighted by Crippen LogP contribution is 2.19. The van der Waals surface area contributed by atoms with Crippen molar-refractivity contribution in [1.82, 2.24) is 9.46 Å². The molecule has 0 amide bonds. The standard InChI is InChI=1S/C10H11BClN3O/c1-5(13)9-14-7-4-2-3-6(12)8(7)10(16)15(9)11/h2-5H,11,13H2,1H3/t5-/m0/s1. The summed E-state index contributed by atoms with van der Waals surface area (Å²) in [4.78, 5) is 16.4. The van der Waals surface area contributed by atoms with E-state index in [-0.39, 0.29) is 11.6 Å². The molecule has 0 saturated heterocycles. The second kappa shape index (κ2) is 3.92. The Kier molecular flexibility index (Phi) is 2.74. The number of hydrogen-bond donors (Lipinski definition) is 1. The van der Waals surface area contributed by atoms with Crippen molar-refractivity contribution < 1.29 is 0 Å². The van der Waals surface area contributed by atoms with Gasteiger partial charge in [0.1, 0.15) is 5.82 Å². The molecule has 1 atom stereocenters. The van der Waals surface area contributed by atoms with Gasteiger partial charge in [-0.1, -0.05) is 17.7 Å². The van der Waals surface area contributed by atoms with Crippen LogP contribution in [0, 0.1) is 0 Å². The second-order valence-corrected chi connectivity index (χ2v) is 4.16.